The quantitative estimate of drug-likeness (QED) is 0.530. The molecule has 0 bridgehead atoms. The number of nitriles is 1. The summed E-state index contributed by atoms with van der Waals surface area (Å²) in [5, 5.41) is 9.45. The molecule has 0 radical (unpaired) electrons. The molecule has 3 heterocycles. The van der Waals surface area contributed by atoms with Gasteiger partial charge in [-0.15, -0.1) is 0 Å². The van der Waals surface area contributed by atoms with E-state index >= 15 is 0 Å². The summed E-state index contributed by atoms with van der Waals surface area (Å²) in [7, 11) is -3.89. The van der Waals surface area contributed by atoms with E-state index in [4.69, 9.17) is 14.7 Å². The number of benzene rings is 2. The number of hydrogen-bond acceptors (Lipinski definition) is 7. The summed E-state index contributed by atoms with van der Waals surface area (Å²) < 4.78 is 34.6. The number of ether oxygens (including phenoxy) is 1. The van der Waals surface area contributed by atoms with Crippen LogP contribution in [0.3, 0.4) is 0 Å². The fourth-order valence-corrected chi connectivity index (χ4v) is 6.14. The Morgan fingerprint density at radius 2 is 1.80 bits per heavy atom. The Bertz CT molecular complexity index is 1390. The predicted octanol–water partition coefficient (Wildman–Crippen LogP) is 4.19. The fourth-order valence-electron chi connectivity index (χ4n) is 4.59. The molecule has 0 saturated carbocycles. The van der Waals surface area contributed by atoms with Crippen molar-refractivity contribution in [2.24, 2.45) is 0 Å². The monoisotopic (exact) mass is 489 g/mol. The molecule has 5 rings (SSSR count). The van der Waals surface area contributed by atoms with Crippen molar-refractivity contribution in [3.05, 3.63) is 70.9 Å². The van der Waals surface area contributed by atoms with Crippen LogP contribution in [-0.4, -0.2) is 42.3 Å². The Kier molecular flexibility index (Phi) is 6.41. The van der Waals surface area contributed by atoms with Gasteiger partial charge >= 0.3 is 0 Å². The largest absolute Gasteiger partial charge is 0.438 e. The van der Waals surface area contributed by atoms with Gasteiger partial charge in [0.05, 0.1) is 21.7 Å². The smallest absolute Gasteiger partial charge is 0.244 e. The van der Waals surface area contributed by atoms with Crippen molar-refractivity contribution in [3.63, 3.8) is 0 Å². The molecule has 1 fully saturated rings. The van der Waals surface area contributed by atoms with Gasteiger partial charge in [-0.1, -0.05) is 24.3 Å². The highest BCUT2D eigenvalue weighted by molar-refractivity contribution is 7.89. The lowest BCUT2D eigenvalue weighted by atomic mass is 10.1. The van der Waals surface area contributed by atoms with Gasteiger partial charge in [-0.3, -0.25) is 0 Å². The van der Waals surface area contributed by atoms with Crippen molar-refractivity contribution in [2.75, 3.05) is 24.5 Å². The highest BCUT2D eigenvalue weighted by atomic mass is 32.2. The summed E-state index contributed by atoms with van der Waals surface area (Å²) in [6.07, 6.45) is 3.83. The first kappa shape index (κ1) is 23.3. The van der Waals surface area contributed by atoms with Gasteiger partial charge in [-0.05, 0) is 56.0 Å². The van der Waals surface area contributed by atoms with E-state index in [1.54, 1.807) is 12.1 Å². The topological polar surface area (TPSA) is 99.4 Å². The summed E-state index contributed by atoms with van der Waals surface area (Å²) in [5.74, 6) is 1.66. The highest BCUT2D eigenvalue weighted by Crippen LogP contribution is 2.34. The summed E-state index contributed by atoms with van der Waals surface area (Å²) >= 11 is 0. The molecule has 1 aromatic heterocycles. The number of aromatic nitrogens is 2. The Hall–Kier alpha value is -3.48. The van der Waals surface area contributed by atoms with Gasteiger partial charge in [-0.2, -0.15) is 14.6 Å². The van der Waals surface area contributed by atoms with Crippen LogP contribution in [0.2, 0.25) is 0 Å². The number of hydrogen-bond donors (Lipinski definition) is 0. The number of piperidine rings is 1. The Morgan fingerprint density at radius 1 is 1.00 bits per heavy atom. The average Bonchev–Trinajstić information content (AvgIpc) is 2.89. The lowest BCUT2D eigenvalue weighted by molar-refractivity contribution is 0.369. The van der Waals surface area contributed by atoms with Crippen molar-refractivity contribution in [1.82, 2.24) is 14.3 Å². The van der Waals surface area contributed by atoms with Gasteiger partial charge in [0.15, 0.2) is 0 Å². The third-order valence-electron chi connectivity index (χ3n) is 6.44. The van der Waals surface area contributed by atoms with Crippen LogP contribution in [0.1, 0.15) is 41.6 Å². The molecule has 2 aromatic carbocycles. The molecule has 9 heteroatoms. The van der Waals surface area contributed by atoms with Crippen molar-refractivity contribution in [1.29, 1.82) is 5.26 Å². The van der Waals surface area contributed by atoms with Crippen LogP contribution in [0.5, 0.6) is 11.6 Å². The molecule has 1 saturated heterocycles. The van der Waals surface area contributed by atoms with E-state index in [0.717, 1.165) is 37.2 Å². The Balaban J connectivity index is 1.54. The van der Waals surface area contributed by atoms with Gasteiger partial charge in [0.1, 0.15) is 11.8 Å². The van der Waals surface area contributed by atoms with Gasteiger partial charge < -0.3 is 9.64 Å². The third kappa shape index (κ3) is 4.72. The molecule has 0 amide bonds. The summed E-state index contributed by atoms with van der Waals surface area (Å²) in [6, 6.07) is 16.0. The molecular formula is C26H27N5O3S. The average molecular weight is 490 g/mol. The number of sulfonamides is 1. The van der Waals surface area contributed by atoms with Crippen LogP contribution < -0.4 is 9.64 Å². The summed E-state index contributed by atoms with van der Waals surface area (Å²) in [6.45, 7) is 4.14. The molecule has 2 aliphatic rings. The standard InChI is InChI=1S/C26H27N5O3S/c1-19-8-7-10-21(16-19)34-25-22-18-31(35(32,33)24-11-4-3-9-20(24)17-27)15-12-23(22)28-26(29-25)30-13-5-2-6-14-30/h3-4,7-11,16H,2,5-6,12-15,18H2,1H3. The molecule has 0 spiro atoms. The van der Waals surface area contributed by atoms with E-state index in [-0.39, 0.29) is 23.5 Å². The summed E-state index contributed by atoms with van der Waals surface area (Å²) in [4.78, 5) is 11.8. The van der Waals surface area contributed by atoms with Crippen LogP contribution in [0, 0.1) is 18.3 Å². The van der Waals surface area contributed by atoms with E-state index < -0.39 is 10.0 Å². The molecule has 0 aliphatic carbocycles. The number of nitrogens with zero attached hydrogens (tertiary/aromatic N) is 5. The molecule has 0 unspecified atom stereocenters. The second-order valence-corrected chi connectivity index (χ2v) is 10.8. The maximum Gasteiger partial charge on any atom is 0.244 e. The first-order valence-electron chi connectivity index (χ1n) is 11.8. The fraction of sp³-hybridized carbons (Fsp3) is 0.346. The number of aryl methyl sites for hydroxylation is 1. The molecule has 3 aromatic rings. The SMILES string of the molecule is Cc1cccc(Oc2nc(N3CCCCC3)nc3c2CN(S(=O)(=O)c2ccccc2C#N)CC3)c1. The third-order valence-corrected chi connectivity index (χ3v) is 8.35. The minimum absolute atomic E-state index is 0.0120. The second kappa shape index (κ2) is 9.64. The van der Waals surface area contributed by atoms with Crippen molar-refractivity contribution in [3.8, 4) is 17.7 Å². The molecule has 35 heavy (non-hydrogen) atoms. The number of rotatable bonds is 5. The number of anilines is 1. The van der Waals surface area contributed by atoms with Crippen LogP contribution in [-0.2, 0) is 23.0 Å². The van der Waals surface area contributed by atoms with Gasteiger partial charge in [0.2, 0.25) is 21.9 Å². The minimum Gasteiger partial charge on any atom is -0.438 e. The van der Waals surface area contributed by atoms with Crippen LogP contribution in [0.15, 0.2) is 53.4 Å². The van der Waals surface area contributed by atoms with Crippen molar-refractivity contribution in [2.45, 2.75) is 44.0 Å². The minimum atomic E-state index is -3.89. The lowest BCUT2D eigenvalue weighted by Crippen LogP contribution is -2.38. The first-order valence-corrected chi connectivity index (χ1v) is 13.3. The van der Waals surface area contributed by atoms with Gasteiger partial charge in [0, 0.05) is 32.6 Å². The second-order valence-electron chi connectivity index (χ2n) is 8.92. The van der Waals surface area contributed by atoms with Crippen molar-refractivity contribution >= 4 is 16.0 Å². The normalized spacial score (nSPS) is 16.4. The van der Waals surface area contributed by atoms with E-state index in [2.05, 4.69) is 4.90 Å². The zero-order valence-corrected chi connectivity index (χ0v) is 20.5. The Labute approximate surface area is 205 Å². The van der Waals surface area contributed by atoms with Crippen LogP contribution in [0.4, 0.5) is 5.95 Å². The van der Waals surface area contributed by atoms with Gasteiger partial charge in [0.25, 0.3) is 0 Å². The predicted molar refractivity (Wildman–Crippen MR) is 132 cm³/mol. The molecule has 2 aliphatic heterocycles. The van der Waals surface area contributed by atoms with Gasteiger partial charge in [-0.25, -0.2) is 13.4 Å². The zero-order chi connectivity index (χ0) is 24.4. The zero-order valence-electron chi connectivity index (χ0n) is 19.6. The van der Waals surface area contributed by atoms with Crippen LogP contribution in [0.25, 0.3) is 0 Å². The molecular weight excluding hydrogens is 462 g/mol. The maximum absolute atomic E-state index is 13.5. The summed E-state index contributed by atoms with van der Waals surface area (Å²) in [5.41, 5.74) is 2.66. The Morgan fingerprint density at radius 3 is 2.57 bits per heavy atom. The molecule has 180 valence electrons. The van der Waals surface area contributed by atoms with E-state index in [1.165, 1.54) is 22.9 Å². The molecule has 8 nitrogen and oxygen atoms in total. The van der Waals surface area contributed by atoms with E-state index in [0.29, 0.717) is 29.6 Å². The highest BCUT2D eigenvalue weighted by Gasteiger charge is 2.33. The van der Waals surface area contributed by atoms with Crippen molar-refractivity contribution < 1.29 is 13.2 Å². The first-order chi connectivity index (χ1) is 17.0. The van der Waals surface area contributed by atoms with E-state index in [1.807, 2.05) is 37.3 Å². The van der Waals surface area contributed by atoms with Crippen LogP contribution >= 0.6 is 0 Å². The molecule has 0 N–H and O–H groups in total. The maximum atomic E-state index is 13.5. The lowest BCUT2D eigenvalue weighted by Gasteiger charge is -2.31. The van der Waals surface area contributed by atoms with E-state index in [9.17, 15) is 13.7 Å². The molecule has 0 atom stereocenters. The number of fused-ring (bicyclic) bond motifs is 1.